The van der Waals surface area contributed by atoms with Crippen molar-refractivity contribution < 1.29 is 17.1 Å². The molecule has 0 aliphatic rings. The molecule has 0 spiro atoms. The third kappa shape index (κ3) is 1.74. The van der Waals surface area contributed by atoms with Crippen molar-refractivity contribution in [3.63, 3.8) is 0 Å². The molecule has 0 unspecified atom stereocenters. The number of anilines is 1. The topological polar surface area (TPSA) is 42.8 Å². The highest BCUT2D eigenvalue weighted by molar-refractivity contribution is 6.31. The summed E-state index contributed by atoms with van der Waals surface area (Å²) in [4.78, 5) is 0. The molecule has 14 heavy (non-hydrogen) atoms. The second kappa shape index (κ2) is 3.98. The second-order valence-electron chi connectivity index (χ2n) is 2.88. The molecule has 0 atom stereocenters. The van der Waals surface area contributed by atoms with E-state index < -0.39 is 0 Å². The number of fused-ring (bicyclic) bond motifs is 1. The van der Waals surface area contributed by atoms with E-state index in [1.807, 2.05) is 25.2 Å². The van der Waals surface area contributed by atoms with Gasteiger partial charge in [-0.2, -0.15) is 0 Å². The van der Waals surface area contributed by atoms with Crippen molar-refractivity contribution in [3.8, 4) is 0 Å². The smallest absolute Gasteiger partial charge is 0.242 e. The van der Waals surface area contributed by atoms with E-state index in [1.54, 1.807) is 10.9 Å². The van der Waals surface area contributed by atoms with Crippen LogP contribution >= 0.6 is 11.6 Å². The third-order valence-electron chi connectivity index (χ3n) is 1.99. The summed E-state index contributed by atoms with van der Waals surface area (Å²) in [5.41, 5.74) is 7.36. The van der Waals surface area contributed by atoms with Crippen LogP contribution in [0.3, 0.4) is 0 Å². The van der Waals surface area contributed by atoms with Crippen LogP contribution in [0.15, 0.2) is 24.4 Å². The van der Waals surface area contributed by atoms with Gasteiger partial charge in [0.05, 0.1) is 11.1 Å². The van der Waals surface area contributed by atoms with E-state index in [1.165, 1.54) is 0 Å². The van der Waals surface area contributed by atoms with E-state index in [9.17, 15) is 0 Å². The van der Waals surface area contributed by atoms with Crippen LogP contribution < -0.4 is 22.8 Å². The SMILES string of the molecule is C[n+]1ncc(N)c2ccc(Cl)cc21.[Cl-]. The fourth-order valence-electron chi connectivity index (χ4n) is 1.30. The van der Waals surface area contributed by atoms with Crippen LogP contribution in [0.4, 0.5) is 5.69 Å². The molecule has 2 rings (SSSR count). The van der Waals surface area contributed by atoms with Crippen molar-refractivity contribution in [2.75, 3.05) is 5.73 Å². The van der Waals surface area contributed by atoms with Crippen LogP contribution in [0, 0.1) is 0 Å². The molecule has 74 valence electrons. The number of benzene rings is 1. The number of halogens is 2. The van der Waals surface area contributed by atoms with Gasteiger partial charge in [0, 0.05) is 11.1 Å². The molecule has 0 radical (unpaired) electrons. The van der Waals surface area contributed by atoms with Crippen molar-refractivity contribution in [2.45, 2.75) is 0 Å². The van der Waals surface area contributed by atoms with Gasteiger partial charge in [0.2, 0.25) is 5.52 Å². The zero-order valence-electron chi connectivity index (χ0n) is 7.54. The molecule has 0 bridgehead atoms. The Kier molecular flexibility index (Phi) is 3.13. The molecule has 1 heterocycles. The first-order valence-corrected chi connectivity index (χ1v) is 4.26. The van der Waals surface area contributed by atoms with E-state index in [0.29, 0.717) is 10.7 Å². The number of hydrogen-bond donors (Lipinski definition) is 1. The van der Waals surface area contributed by atoms with Crippen LogP contribution in [0.5, 0.6) is 0 Å². The molecule has 5 heteroatoms. The van der Waals surface area contributed by atoms with Gasteiger partial charge < -0.3 is 18.1 Å². The predicted octanol–water partition coefficient (Wildman–Crippen LogP) is -1.70. The second-order valence-corrected chi connectivity index (χ2v) is 3.32. The van der Waals surface area contributed by atoms with Gasteiger partial charge in [-0.25, -0.2) is 0 Å². The van der Waals surface area contributed by atoms with Gasteiger partial charge in [-0.1, -0.05) is 16.3 Å². The highest BCUT2D eigenvalue weighted by atomic mass is 35.5. The quantitative estimate of drug-likeness (QED) is 0.548. The number of hydrogen-bond acceptors (Lipinski definition) is 2. The molecule has 2 aromatic rings. The summed E-state index contributed by atoms with van der Waals surface area (Å²) in [6, 6.07) is 5.56. The van der Waals surface area contributed by atoms with Crippen LogP contribution in [0.2, 0.25) is 5.02 Å². The minimum Gasteiger partial charge on any atom is -1.00 e. The molecule has 0 saturated heterocycles. The molecule has 0 aliphatic heterocycles. The summed E-state index contributed by atoms with van der Waals surface area (Å²) >= 11 is 5.86. The van der Waals surface area contributed by atoms with Gasteiger partial charge in [0.1, 0.15) is 6.20 Å². The number of nitrogens with zero attached hydrogens (tertiary/aromatic N) is 2. The van der Waals surface area contributed by atoms with Crippen LogP contribution in [0.1, 0.15) is 0 Å². The molecule has 0 amide bonds. The summed E-state index contributed by atoms with van der Waals surface area (Å²) in [6.07, 6.45) is 1.64. The molecule has 0 aliphatic carbocycles. The highest BCUT2D eigenvalue weighted by Gasteiger charge is 2.09. The average molecular weight is 230 g/mol. The van der Waals surface area contributed by atoms with Gasteiger partial charge in [-0.05, 0) is 17.2 Å². The normalized spacial score (nSPS) is 9.86. The summed E-state index contributed by atoms with van der Waals surface area (Å²) in [5.74, 6) is 0. The zero-order chi connectivity index (χ0) is 9.42. The largest absolute Gasteiger partial charge is 1.00 e. The molecule has 2 N–H and O–H groups in total. The molecule has 0 saturated carbocycles. The molecule has 1 aromatic heterocycles. The molecular formula is C9H9Cl2N3. The molecule has 3 nitrogen and oxygen atoms in total. The number of nitrogens with two attached hydrogens (primary N) is 1. The minimum absolute atomic E-state index is 0. The minimum atomic E-state index is 0. The van der Waals surface area contributed by atoms with Gasteiger partial charge in [0.25, 0.3) is 0 Å². The van der Waals surface area contributed by atoms with Crippen molar-refractivity contribution in [1.82, 2.24) is 5.10 Å². The predicted molar refractivity (Wildman–Crippen MR) is 52.3 cm³/mol. The Hall–Kier alpha value is -1.06. The first-order valence-electron chi connectivity index (χ1n) is 3.88. The van der Waals surface area contributed by atoms with E-state index in [0.717, 1.165) is 10.9 Å². The van der Waals surface area contributed by atoms with Crippen LogP contribution in [-0.4, -0.2) is 5.10 Å². The van der Waals surface area contributed by atoms with Crippen molar-refractivity contribution in [1.29, 1.82) is 0 Å². The standard InChI is InChI=1S/C9H8ClN3.ClH/c1-13-9-4-6(10)2-3-7(9)8(11)5-12-13;/h2-5,11H,1H3;1H. The van der Waals surface area contributed by atoms with Gasteiger partial charge in [0.15, 0.2) is 7.05 Å². The van der Waals surface area contributed by atoms with Gasteiger partial charge in [-0.15, -0.1) is 0 Å². The Morgan fingerprint density at radius 1 is 1.43 bits per heavy atom. The molecule has 1 aromatic carbocycles. The first kappa shape index (κ1) is 11.0. The third-order valence-corrected chi connectivity index (χ3v) is 2.22. The fourth-order valence-corrected chi connectivity index (χ4v) is 1.46. The highest BCUT2D eigenvalue weighted by Crippen LogP contribution is 2.19. The number of aryl methyl sites for hydroxylation is 1. The Labute approximate surface area is 92.9 Å². The van der Waals surface area contributed by atoms with E-state index in [2.05, 4.69) is 5.10 Å². The average Bonchev–Trinajstić information content (AvgIpc) is 2.12. The van der Waals surface area contributed by atoms with E-state index in [4.69, 9.17) is 17.3 Å². The maximum absolute atomic E-state index is 5.86. The van der Waals surface area contributed by atoms with Crippen LogP contribution in [0.25, 0.3) is 10.9 Å². The van der Waals surface area contributed by atoms with Gasteiger partial charge in [-0.3, -0.25) is 0 Å². The fraction of sp³-hybridized carbons (Fsp3) is 0.111. The summed E-state index contributed by atoms with van der Waals surface area (Å²) in [7, 11) is 1.86. The maximum atomic E-state index is 5.86. The summed E-state index contributed by atoms with van der Waals surface area (Å²) in [6.45, 7) is 0. The lowest BCUT2D eigenvalue weighted by molar-refractivity contribution is -0.705. The Balaban J connectivity index is 0.000000980. The Bertz CT molecular complexity index is 471. The van der Waals surface area contributed by atoms with E-state index >= 15 is 0 Å². The van der Waals surface area contributed by atoms with Crippen LogP contribution in [-0.2, 0) is 7.05 Å². The maximum Gasteiger partial charge on any atom is 0.242 e. The monoisotopic (exact) mass is 229 g/mol. The first-order chi connectivity index (χ1) is 6.18. The lowest BCUT2D eigenvalue weighted by atomic mass is 10.2. The molecule has 0 fully saturated rings. The Morgan fingerprint density at radius 3 is 2.86 bits per heavy atom. The van der Waals surface area contributed by atoms with Gasteiger partial charge >= 0.3 is 0 Å². The summed E-state index contributed by atoms with van der Waals surface area (Å²) < 4.78 is 1.75. The van der Waals surface area contributed by atoms with Crippen molar-refractivity contribution in [2.24, 2.45) is 7.05 Å². The zero-order valence-corrected chi connectivity index (χ0v) is 9.05. The number of nitrogen functional groups attached to an aromatic ring is 1. The van der Waals surface area contributed by atoms with E-state index in [-0.39, 0.29) is 12.4 Å². The number of rotatable bonds is 0. The Morgan fingerprint density at radius 2 is 2.14 bits per heavy atom. The lowest BCUT2D eigenvalue weighted by Crippen LogP contribution is -3.00. The molecular weight excluding hydrogens is 221 g/mol. The van der Waals surface area contributed by atoms with Crippen molar-refractivity contribution in [3.05, 3.63) is 29.4 Å². The van der Waals surface area contributed by atoms with Crippen molar-refractivity contribution >= 4 is 28.2 Å². The number of aromatic nitrogens is 2. The lowest BCUT2D eigenvalue weighted by Gasteiger charge is -1.98. The summed E-state index contributed by atoms with van der Waals surface area (Å²) in [5, 5.41) is 5.75.